The summed E-state index contributed by atoms with van der Waals surface area (Å²) in [4.78, 5) is 16.6. The van der Waals surface area contributed by atoms with Crippen LogP contribution in [0.25, 0.3) is 10.9 Å². The monoisotopic (exact) mass is 582 g/mol. The number of primary amides is 1. The Hall–Kier alpha value is -2.95. The minimum atomic E-state index is -0.410. The molecule has 200 valence electrons. The summed E-state index contributed by atoms with van der Waals surface area (Å²) in [7, 11) is 0. The van der Waals surface area contributed by atoms with Crippen LogP contribution in [0.2, 0.25) is 5.02 Å². The number of hydrogen-bond donors (Lipinski definition) is 2. The fourth-order valence-electron chi connectivity index (χ4n) is 4.37. The molecule has 5 aromatic rings. The Balaban J connectivity index is 0.00000231. The second-order valence-corrected chi connectivity index (χ2v) is 10.7. The SMILES string of the molecule is NC(=O)c1ccccc1CCC(SCCc1nn[nH]n1)c1cccc(OCc2ccc3ccc(Cl)cc3n2)c1.[H-].[Na+]. The zero-order valence-electron chi connectivity index (χ0n) is 23.1. The van der Waals surface area contributed by atoms with Gasteiger partial charge in [0, 0.05) is 33.4 Å². The van der Waals surface area contributed by atoms with Crippen LogP contribution in [0.1, 0.15) is 46.1 Å². The van der Waals surface area contributed by atoms with Crippen molar-refractivity contribution in [1.82, 2.24) is 25.6 Å². The number of thioether (sulfide) groups is 1. The van der Waals surface area contributed by atoms with E-state index in [2.05, 4.69) is 37.7 Å². The number of fused-ring (bicyclic) bond motifs is 1. The van der Waals surface area contributed by atoms with Gasteiger partial charge >= 0.3 is 29.6 Å². The van der Waals surface area contributed by atoms with Crippen LogP contribution >= 0.6 is 23.4 Å². The molecule has 0 aliphatic rings. The molecule has 8 nitrogen and oxygen atoms in total. The smallest absolute Gasteiger partial charge is 1.00 e. The summed E-state index contributed by atoms with van der Waals surface area (Å²) >= 11 is 7.95. The predicted molar refractivity (Wildman–Crippen MR) is 155 cm³/mol. The Morgan fingerprint density at radius 2 is 1.90 bits per heavy atom. The first kappa shape index (κ1) is 30.0. The molecule has 1 amide bonds. The average Bonchev–Trinajstić information content (AvgIpc) is 3.47. The van der Waals surface area contributed by atoms with Crippen molar-refractivity contribution in [3.8, 4) is 5.75 Å². The number of halogens is 1. The minimum Gasteiger partial charge on any atom is -1.00 e. The van der Waals surface area contributed by atoms with Crippen molar-refractivity contribution < 1.29 is 40.5 Å². The van der Waals surface area contributed by atoms with Gasteiger partial charge in [0.25, 0.3) is 0 Å². The molecule has 2 heterocycles. The first-order chi connectivity index (χ1) is 19.0. The number of aromatic amines is 1. The van der Waals surface area contributed by atoms with E-state index in [1.165, 1.54) is 0 Å². The molecular weight excluding hydrogens is 555 g/mol. The number of amides is 1. The van der Waals surface area contributed by atoms with Crippen LogP contribution in [0.3, 0.4) is 0 Å². The maximum Gasteiger partial charge on any atom is 1.00 e. The molecule has 1 unspecified atom stereocenters. The number of carbonyl (C=O) groups is 1. The molecule has 11 heteroatoms. The summed E-state index contributed by atoms with van der Waals surface area (Å²) in [5.41, 5.74) is 9.92. The molecule has 2 aromatic heterocycles. The fourth-order valence-corrected chi connectivity index (χ4v) is 5.74. The molecular formula is C29H28ClN6NaO2S. The molecule has 0 aliphatic heterocycles. The van der Waals surface area contributed by atoms with Gasteiger partial charge in [-0.15, -0.1) is 10.2 Å². The Labute approximate surface area is 265 Å². The minimum absolute atomic E-state index is 0. The standard InChI is InChI=1S/C29H27ClN6O2S.Na.H/c30-22-11-8-20-9-12-23(32-26(20)17-22)18-38-24-6-3-5-21(16-24)27(39-15-14-28-33-35-36-34-28)13-10-19-4-1-2-7-25(19)29(31)37;;/h1-9,11-12,16-17,27H,10,13-15,18H2,(H2,31,37)(H,33,34,35,36);;/q;+1;-1. The van der Waals surface area contributed by atoms with Crippen LogP contribution < -0.4 is 40.0 Å². The average molecular weight is 583 g/mol. The van der Waals surface area contributed by atoms with Crippen molar-refractivity contribution >= 4 is 40.2 Å². The number of aromatic nitrogens is 5. The number of rotatable bonds is 12. The Kier molecular flexibility index (Phi) is 11.0. The second-order valence-electron chi connectivity index (χ2n) is 9.00. The summed E-state index contributed by atoms with van der Waals surface area (Å²) in [6.07, 6.45) is 2.23. The molecule has 0 saturated heterocycles. The number of benzene rings is 3. The number of nitrogens with two attached hydrogens (primary N) is 1. The van der Waals surface area contributed by atoms with Crippen LogP contribution in [0.15, 0.2) is 78.9 Å². The topological polar surface area (TPSA) is 120 Å². The molecule has 0 fully saturated rings. The van der Waals surface area contributed by atoms with Gasteiger partial charge < -0.3 is 11.9 Å². The maximum atomic E-state index is 11.9. The van der Waals surface area contributed by atoms with Gasteiger partial charge in [-0.25, -0.2) is 4.98 Å². The normalized spacial score (nSPS) is 11.6. The van der Waals surface area contributed by atoms with Crippen molar-refractivity contribution in [1.29, 1.82) is 0 Å². The third-order valence-corrected chi connectivity index (χ3v) is 7.91. The van der Waals surface area contributed by atoms with Gasteiger partial charge in [0.1, 0.15) is 12.4 Å². The van der Waals surface area contributed by atoms with E-state index in [4.69, 9.17) is 22.1 Å². The molecule has 40 heavy (non-hydrogen) atoms. The van der Waals surface area contributed by atoms with Crippen LogP contribution in [0.5, 0.6) is 5.75 Å². The number of ether oxygens (including phenoxy) is 1. The van der Waals surface area contributed by atoms with E-state index in [1.54, 1.807) is 6.07 Å². The number of tetrazole rings is 1. The molecule has 0 radical (unpaired) electrons. The van der Waals surface area contributed by atoms with Crippen molar-refractivity contribution in [2.75, 3.05) is 5.75 Å². The molecule has 3 aromatic carbocycles. The summed E-state index contributed by atoms with van der Waals surface area (Å²) in [6.45, 7) is 0.341. The number of pyridine rings is 1. The number of nitrogens with zero attached hydrogens (tertiary/aromatic N) is 4. The summed E-state index contributed by atoms with van der Waals surface area (Å²) in [6, 6.07) is 25.3. The van der Waals surface area contributed by atoms with Crippen LogP contribution in [-0.4, -0.2) is 37.3 Å². The van der Waals surface area contributed by atoms with Gasteiger partial charge in [0.15, 0.2) is 5.82 Å². The Morgan fingerprint density at radius 1 is 1.05 bits per heavy atom. The third kappa shape index (κ3) is 8.05. The van der Waals surface area contributed by atoms with Gasteiger partial charge in [-0.2, -0.15) is 17.0 Å². The zero-order chi connectivity index (χ0) is 27.0. The van der Waals surface area contributed by atoms with Crippen LogP contribution in [0, 0.1) is 0 Å². The van der Waals surface area contributed by atoms with E-state index in [-0.39, 0.29) is 36.2 Å². The Bertz CT molecular complexity index is 1580. The summed E-state index contributed by atoms with van der Waals surface area (Å²) in [5.74, 6) is 1.85. The van der Waals surface area contributed by atoms with Gasteiger partial charge in [-0.05, 0) is 60.4 Å². The summed E-state index contributed by atoms with van der Waals surface area (Å²) < 4.78 is 6.14. The molecule has 3 N–H and O–H groups in total. The number of carbonyl (C=O) groups excluding carboxylic acids is 1. The number of hydrogen-bond acceptors (Lipinski definition) is 7. The first-order valence-electron chi connectivity index (χ1n) is 12.5. The van der Waals surface area contributed by atoms with E-state index in [1.807, 2.05) is 72.4 Å². The van der Waals surface area contributed by atoms with Crippen LogP contribution in [-0.2, 0) is 19.4 Å². The van der Waals surface area contributed by atoms with Gasteiger partial charge in [0.2, 0.25) is 5.91 Å². The van der Waals surface area contributed by atoms with Crippen molar-refractivity contribution in [2.24, 2.45) is 5.73 Å². The number of nitrogens with one attached hydrogen (secondary N) is 1. The molecule has 0 aliphatic carbocycles. The third-order valence-electron chi connectivity index (χ3n) is 6.32. The molecule has 0 spiro atoms. The molecule has 1 atom stereocenters. The van der Waals surface area contributed by atoms with Gasteiger partial charge in [-0.1, -0.05) is 59.3 Å². The molecule has 0 bridgehead atoms. The van der Waals surface area contributed by atoms with Crippen LogP contribution in [0.4, 0.5) is 0 Å². The van der Waals surface area contributed by atoms with Gasteiger partial charge in [-0.3, -0.25) is 4.79 Å². The van der Waals surface area contributed by atoms with Crippen molar-refractivity contribution in [3.63, 3.8) is 0 Å². The Morgan fingerprint density at radius 3 is 2.73 bits per heavy atom. The molecule has 0 saturated carbocycles. The summed E-state index contributed by atoms with van der Waals surface area (Å²) in [5, 5.41) is 16.1. The quantitative estimate of drug-likeness (QED) is 0.217. The number of aryl methyl sites for hydroxylation is 2. The van der Waals surface area contributed by atoms with Crippen molar-refractivity contribution in [3.05, 3.63) is 112 Å². The van der Waals surface area contributed by atoms with E-state index in [0.717, 1.165) is 45.6 Å². The zero-order valence-corrected chi connectivity index (χ0v) is 25.7. The second kappa shape index (κ2) is 14.6. The predicted octanol–water partition coefficient (Wildman–Crippen LogP) is 2.85. The first-order valence-corrected chi connectivity index (χ1v) is 14.0. The van der Waals surface area contributed by atoms with E-state index < -0.39 is 5.91 Å². The largest absolute Gasteiger partial charge is 1.00 e. The van der Waals surface area contributed by atoms with E-state index in [0.29, 0.717) is 35.9 Å². The van der Waals surface area contributed by atoms with Gasteiger partial charge in [0.05, 0.1) is 11.2 Å². The fraction of sp³-hybridized carbons (Fsp3) is 0.207. The maximum absolute atomic E-state index is 11.9. The van der Waals surface area contributed by atoms with E-state index >= 15 is 0 Å². The molecule has 5 rings (SSSR count). The van der Waals surface area contributed by atoms with Crippen molar-refractivity contribution in [2.45, 2.75) is 31.1 Å². The number of H-pyrrole nitrogens is 1. The van der Waals surface area contributed by atoms with E-state index in [9.17, 15) is 4.79 Å².